The first-order valence-corrected chi connectivity index (χ1v) is 7.53. The Morgan fingerprint density at radius 3 is 2.43 bits per heavy atom. The fourth-order valence-electron chi connectivity index (χ4n) is 1.91. The van der Waals surface area contributed by atoms with Gasteiger partial charge in [-0.15, -0.1) is 0 Å². The number of rotatable bonds is 6. The van der Waals surface area contributed by atoms with Gasteiger partial charge in [0.15, 0.2) is 5.11 Å². The van der Waals surface area contributed by atoms with Crippen LogP contribution in [0.5, 0.6) is 5.75 Å². The lowest BCUT2D eigenvalue weighted by molar-refractivity contribution is 0.306. The van der Waals surface area contributed by atoms with E-state index in [1.54, 1.807) is 0 Å². The topological polar surface area (TPSA) is 59.6 Å². The fourth-order valence-corrected chi connectivity index (χ4v) is 1.96. The van der Waals surface area contributed by atoms with Gasteiger partial charge >= 0.3 is 0 Å². The number of benzene rings is 2. The monoisotopic (exact) mass is 325 g/mol. The van der Waals surface area contributed by atoms with E-state index in [4.69, 9.17) is 22.7 Å². The second-order valence-electron chi connectivity index (χ2n) is 4.93. The van der Waals surface area contributed by atoms with Crippen molar-refractivity contribution in [1.29, 1.82) is 0 Å². The molecule has 5 heteroatoms. The molecule has 0 radical (unpaired) electrons. The summed E-state index contributed by atoms with van der Waals surface area (Å²) in [4.78, 5) is 0. The average Bonchev–Trinajstić information content (AvgIpc) is 2.58. The predicted octanol–water partition coefficient (Wildman–Crippen LogP) is 3.47. The number of thiocarbonyl (C=S) groups is 1. The molecular formula is C18H19N3OS. The Hall–Kier alpha value is -2.66. The molecule has 0 heterocycles. The van der Waals surface area contributed by atoms with Crippen LogP contribution in [0, 0.1) is 0 Å². The number of nitrogens with one attached hydrogen (secondary N) is 1. The Bertz CT molecular complexity index is 706. The minimum absolute atomic E-state index is 0.145. The van der Waals surface area contributed by atoms with Gasteiger partial charge in [0.25, 0.3) is 0 Å². The highest BCUT2D eigenvalue weighted by molar-refractivity contribution is 7.80. The zero-order valence-corrected chi connectivity index (χ0v) is 13.8. The molecule has 118 valence electrons. The molecule has 0 aliphatic rings. The van der Waals surface area contributed by atoms with Crippen molar-refractivity contribution in [2.24, 2.45) is 10.8 Å². The van der Waals surface area contributed by atoms with Crippen molar-refractivity contribution < 1.29 is 4.74 Å². The average molecular weight is 325 g/mol. The molecule has 0 amide bonds. The van der Waals surface area contributed by atoms with E-state index in [-0.39, 0.29) is 5.11 Å². The van der Waals surface area contributed by atoms with Crippen molar-refractivity contribution in [3.63, 3.8) is 0 Å². The molecular weight excluding hydrogens is 306 g/mol. The Labute approximate surface area is 141 Å². The van der Waals surface area contributed by atoms with Crippen LogP contribution in [0.1, 0.15) is 23.6 Å². The van der Waals surface area contributed by atoms with Crippen LogP contribution in [0.3, 0.4) is 0 Å². The Morgan fingerprint density at radius 2 is 1.87 bits per heavy atom. The van der Waals surface area contributed by atoms with Crippen molar-refractivity contribution in [2.45, 2.75) is 13.5 Å². The van der Waals surface area contributed by atoms with E-state index in [1.165, 1.54) is 0 Å². The summed E-state index contributed by atoms with van der Waals surface area (Å²) in [6, 6.07) is 15.8. The maximum absolute atomic E-state index is 5.78. The summed E-state index contributed by atoms with van der Waals surface area (Å²) in [6.07, 6.45) is 1.82. The molecule has 0 aliphatic carbocycles. The van der Waals surface area contributed by atoms with Gasteiger partial charge in [0.1, 0.15) is 12.4 Å². The van der Waals surface area contributed by atoms with Crippen LogP contribution in [0.2, 0.25) is 0 Å². The maximum atomic E-state index is 5.78. The highest BCUT2D eigenvalue weighted by atomic mass is 32.1. The summed E-state index contributed by atoms with van der Waals surface area (Å²) < 4.78 is 5.78. The second-order valence-corrected chi connectivity index (χ2v) is 5.37. The highest BCUT2D eigenvalue weighted by Gasteiger charge is 2.00. The summed E-state index contributed by atoms with van der Waals surface area (Å²) in [5.41, 5.74) is 11.9. The van der Waals surface area contributed by atoms with Gasteiger partial charge in [-0.2, -0.15) is 5.10 Å². The Morgan fingerprint density at radius 1 is 1.22 bits per heavy atom. The summed E-state index contributed by atoms with van der Waals surface area (Å²) in [5, 5.41) is 4.23. The summed E-state index contributed by atoms with van der Waals surface area (Å²) in [7, 11) is 0. The number of hydrogen-bond acceptors (Lipinski definition) is 3. The van der Waals surface area contributed by atoms with Gasteiger partial charge in [-0.05, 0) is 60.1 Å². The quantitative estimate of drug-likeness (QED) is 0.485. The molecule has 2 aromatic carbocycles. The molecule has 0 spiro atoms. The first-order valence-electron chi connectivity index (χ1n) is 7.13. The Kier molecular flexibility index (Phi) is 5.88. The lowest BCUT2D eigenvalue weighted by Crippen LogP contribution is -2.25. The number of nitrogens with zero attached hydrogens (tertiary/aromatic N) is 1. The van der Waals surface area contributed by atoms with Crippen LogP contribution < -0.4 is 15.9 Å². The van der Waals surface area contributed by atoms with Crippen LogP contribution in [0.4, 0.5) is 0 Å². The maximum Gasteiger partial charge on any atom is 0.184 e. The standard InChI is InChI=1S/C18H19N3OS/c1-3-14-4-6-15(7-5-14)12-22-17-10-8-16(9-11-17)13(2)20-21-18(19)23/h3-11H,1,12H2,2H3,(H3,19,21,23)/b20-13+. The number of ether oxygens (including phenoxy) is 1. The summed E-state index contributed by atoms with van der Waals surface area (Å²) in [6.45, 7) is 6.14. The predicted molar refractivity (Wildman–Crippen MR) is 99.4 cm³/mol. The second kappa shape index (κ2) is 8.10. The molecule has 23 heavy (non-hydrogen) atoms. The molecule has 0 saturated heterocycles. The number of hydrazone groups is 1. The summed E-state index contributed by atoms with van der Waals surface area (Å²) in [5.74, 6) is 0.802. The van der Waals surface area contributed by atoms with E-state index >= 15 is 0 Å². The van der Waals surface area contributed by atoms with E-state index in [0.717, 1.165) is 28.2 Å². The molecule has 0 saturated carbocycles. The normalized spacial score (nSPS) is 10.9. The molecule has 0 fully saturated rings. The van der Waals surface area contributed by atoms with Gasteiger partial charge in [0, 0.05) is 0 Å². The van der Waals surface area contributed by atoms with E-state index in [2.05, 4.69) is 17.1 Å². The molecule has 2 aromatic rings. The zero-order valence-electron chi connectivity index (χ0n) is 13.0. The molecule has 0 aromatic heterocycles. The van der Waals surface area contributed by atoms with Crippen LogP contribution in [-0.4, -0.2) is 10.8 Å². The van der Waals surface area contributed by atoms with Crippen LogP contribution in [-0.2, 0) is 6.61 Å². The van der Waals surface area contributed by atoms with E-state index < -0.39 is 0 Å². The van der Waals surface area contributed by atoms with Gasteiger partial charge < -0.3 is 10.5 Å². The van der Waals surface area contributed by atoms with Crippen molar-refractivity contribution in [1.82, 2.24) is 5.43 Å². The van der Waals surface area contributed by atoms with Crippen molar-refractivity contribution >= 4 is 29.1 Å². The lowest BCUT2D eigenvalue weighted by Gasteiger charge is -2.08. The van der Waals surface area contributed by atoms with E-state index in [9.17, 15) is 0 Å². The summed E-state index contributed by atoms with van der Waals surface area (Å²) >= 11 is 4.72. The van der Waals surface area contributed by atoms with E-state index in [1.807, 2.05) is 61.5 Å². The van der Waals surface area contributed by atoms with Gasteiger partial charge in [-0.3, -0.25) is 5.43 Å². The van der Waals surface area contributed by atoms with Gasteiger partial charge in [0.2, 0.25) is 0 Å². The van der Waals surface area contributed by atoms with Gasteiger partial charge in [-0.25, -0.2) is 0 Å². The smallest absolute Gasteiger partial charge is 0.184 e. The molecule has 2 rings (SSSR count). The lowest BCUT2D eigenvalue weighted by atomic mass is 10.1. The molecule has 0 atom stereocenters. The minimum atomic E-state index is 0.145. The van der Waals surface area contributed by atoms with Crippen molar-refractivity contribution in [2.75, 3.05) is 0 Å². The zero-order chi connectivity index (χ0) is 16.7. The Balaban J connectivity index is 1.95. The SMILES string of the molecule is C=Cc1ccc(COc2ccc(/C(C)=N/NC(N)=S)cc2)cc1. The third kappa shape index (κ3) is 5.23. The first-order chi connectivity index (χ1) is 11.1. The molecule has 0 bridgehead atoms. The number of hydrogen-bond donors (Lipinski definition) is 2. The molecule has 0 unspecified atom stereocenters. The van der Waals surface area contributed by atoms with Crippen LogP contribution in [0.15, 0.2) is 60.2 Å². The molecule has 0 aliphatic heterocycles. The fraction of sp³-hybridized carbons (Fsp3) is 0.111. The van der Waals surface area contributed by atoms with Gasteiger partial charge in [0.05, 0.1) is 5.71 Å². The third-order valence-corrected chi connectivity index (χ3v) is 3.32. The molecule has 3 N–H and O–H groups in total. The molecule has 4 nitrogen and oxygen atoms in total. The first kappa shape index (κ1) is 16.7. The van der Waals surface area contributed by atoms with Crippen molar-refractivity contribution in [3.8, 4) is 5.75 Å². The highest BCUT2D eigenvalue weighted by Crippen LogP contribution is 2.15. The van der Waals surface area contributed by atoms with E-state index in [0.29, 0.717) is 6.61 Å². The number of nitrogens with two attached hydrogens (primary N) is 1. The largest absolute Gasteiger partial charge is 0.489 e. The van der Waals surface area contributed by atoms with Gasteiger partial charge in [-0.1, -0.05) is 36.9 Å². The van der Waals surface area contributed by atoms with Crippen molar-refractivity contribution in [3.05, 3.63) is 71.8 Å². The van der Waals surface area contributed by atoms with Crippen LogP contribution >= 0.6 is 12.2 Å². The third-order valence-electron chi connectivity index (χ3n) is 3.23. The minimum Gasteiger partial charge on any atom is -0.489 e. The van der Waals surface area contributed by atoms with Crippen LogP contribution in [0.25, 0.3) is 6.08 Å².